The van der Waals surface area contributed by atoms with Gasteiger partial charge in [0.15, 0.2) is 5.82 Å². The molecule has 0 saturated heterocycles. The molecule has 45 heavy (non-hydrogen) atoms. The monoisotopic (exact) mass is 649 g/mol. The van der Waals surface area contributed by atoms with Crippen LogP contribution in [0.2, 0.25) is 10.0 Å². The summed E-state index contributed by atoms with van der Waals surface area (Å²) in [5, 5.41) is 15.6. The summed E-state index contributed by atoms with van der Waals surface area (Å²) in [6.45, 7) is 1.36. The lowest BCUT2D eigenvalue weighted by Crippen LogP contribution is -2.27. The Morgan fingerprint density at radius 3 is 2.60 bits per heavy atom. The van der Waals surface area contributed by atoms with Crippen molar-refractivity contribution in [3.8, 4) is 22.6 Å². The Hall–Kier alpha value is -4.25. The number of imidazole rings is 1. The van der Waals surface area contributed by atoms with Gasteiger partial charge in [-0.3, -0.25) is 9.59 Å². The summed E-state index contributed by atoms with van der Waals surface area (Å²) < 4.78 is 13.7. The zero-order valence-electron chi connectivity index (χ0n) is 25.1. The molecule has 3 N–H and O–H groups in total. The van der Waals surface area contributed by atoms with Crippen LogP contribution in [-0.2, 0) is 31.2 Å². The number of aliphatic carboxylic acids is 1. The maximum atomic E-state index is 13.4. The third-order valence-corrected chi connectivity index (χ3v) is 9.06. The first-order valence-corrected chi connectivity index (χ1v) is 15.3. The second kappa shape index (κ2) is 12.6. The number of aromatic nitrogens is 2. The van der Waals surface area contributed by atoms with Crippen LogP contribution in [0.15, 0.2) is 48.5 Å². The number of carbonyl (C=O) groups excluding carboxylic acids is 1. The van der Waals surface area contributed by atoms with Gasteiger partial charge in [0.2, 0.25) is 0 Å². The zero-order valence-corrected chi connectivity index (χ0v) is 26.6. The maximum absolute atomic E-state index is 13.4. The molecule has 0 fully saturated rings. The van der Waals surface area contributed by atoms with E-state index in [4.69, 9.17) is 37.8 Å². The van der Waals surface area contributed by atoms with Crippen molar-refractivity contribution in [1.29, 1.82) is 0 Å². The average molecular weight is 651 g/mol. The van der Waals surface area contributed by atoms with E-state index in [2.05, 4.69) is 20.5 Å². The summed E-state index contributed by atoms with van der Waals surface area (Å²) in [5.74, 6) is -0.0934. The van der Waals surface area contributed by atoms with Crippen LogP contribution >= 0.6 is 23.2 Å². The van der Waals surface area contributed by atoms with Crippen molar-refractivity contribution >= 4 is 46.5 Å². The number of likely N-dealkylation sites (N-methyl/N-ethyl adjacent to an activating group) is 1. The van der Waals surface area contributed by atoms with Crippen LogP contribution < -0.4 is 20.1 Å². The fraction of sp³-hybridized carbons (Fsp3) is 0.303. The van der Waals surface area contributed by atoms with Gasteiger partial charge in [0.25, 0.3) is 5.91 Å². The van der Waals surface area contributed by atoms with Gasteiger partial charge in [0.1, 0.15) is 24.1 Å². The van der Waals surface area contributed by atoms with Gasteiger partial charge in [-0.15, -0.1) is 0 Å². The summed E-state index contributed by atoms with van der Waals surface area (Å²) in [6, 6.07) is 14.9. The summed E-state index contributed by atoms with van der Waals surface area (Å²) in [6.07, 6.45) is 2.05. The second-order valence-electron chi connectivity index (χ2n) is 11.2. The highest BCUT2D eigenvalue weighted by Crippen LogP contribution is 2.45. The molecule has 0 bridgehead atoms. The number of halogens is 2. The molecule has 234 valence electrons. The van der Waals surface area contributed by atoms with Gasteiger partial charge in [0, 0.05) is 43.9 Å². The van der Waals surface area contributed by atoms with Gasteiger partial charge in [-0.2, -0.15) is 0 Å². The lowest BCUT2D eigenvalue weighted by Gasteiger charge is -2.21. The number of hydrogen-bond acceptors (Lipinski definition) is 7. The molecule has 1 unspecified atom stereocenters. The van der Waals surface area contributed by atoms with Crippen LogP contribution in [0.25, 0.3) is 11.1 Å². The van der Waals surface area contributed by atoms with Crippen molar-refractivity contribution in [2.75, 3.05) is 37.9 Å². The van der Waals surface area contributed by atoms with E-state index in [0.29, 0.717) is 45.3 Å². The number of nitrogens with one attached hydrogen (secondary N) is 2. The van der Waals surface area contributed by atoms with Crippen LogP contribution in [0.5, 0.6) is 11.5 Å². The topological polar surface area (TPSA) is 118 Å². The fourth-order valence-corrected chi connectivity index (χ4v) is 6.61. The molecule has 10 nitrogen and oxygen atoms in total. The van der Waals surface area contributed by atoms with Crippen molar-refractivity contribution in [1.82, 2.24) is 14.5 Å². The first-order valence-electron chi connectivity index (χ1n) is 14.6. The highest BCUT2D eigenvalue weighted by atomic mass is 35.5. The Morgan fingerprint density at radius 2 is 1.82 bits per heavy atom. The molecule has 1 aliphatic carbocycles. The van der Waals surface area contributed by atoms with Crippen molar-refractivity contribution in [3.63, 3.8) is 0 Å². The predicted octanol–water partition coefficient (Wildman–Crippen LogP) is 6.21. The summed E-state index contributed by atoms with van der Waals surface area (Å²) >= 11 is 13.5. The Labute approximate surface area is 270 Å². The maximum Gasteiger partial charge on any atom is 0.322 e. The first kappa shape index (κ1) is 30.8. The molecule has 4 aromatic rings. The number of benzene rings is 3. The van der Waals surface area contributed by atoms with Crippen molar-refractivity contribution in [2.45, 2.75) is 31.9 Å². The minimum Gasteiger partial charge on any atom is -0.494 e. The quantitative estimate of drug-likeness (QED) is 0.196. The summed E-state index contributed by atoms with van der Waals surface area (Å²) in [7, 11) is 5.42. The molecule has 0 radical (unpaired) electrons. The number of nitrogens with zero attached hydrogens (tertiary/aromatic N) is 3. The molecular weight excluding hydrogens is 617 g/mol. The Balaban J connectivity index is 1.24. The predicted molar refractivity (Wildman–Crippen MR) is 174 cm³/mol. The van der Waals surface area contributed by atoms with Crippen LogP contribution in [0, 0.1) is 0 Å². The normalized spacial score (nSPS) is 15.7. The van der Waals surface area contributed by atoms with E-state index < -0.39 is 5.97 Å². The van der Waals surface area contributed by atoms with Crippen LogP contribution in [0.3, 0.4) is 0 Å². The molecule has 0 saturated carbocycles. The number of fused-ring (bicyclic) bond motifs is 2. The van der Waals surface area contributed by atoms with Gasteiger partial charge in [-0.05, 0) is 48.7 Å². The average Bonchev–Trinajstić information content (AvgIpc) is 3.58. The molecule has 3 aromatic carbocycles. The number of carbonyl (C=O) groups is 2. The molecule has 1 amide bonds. The largest absolute Gasteiger partial charge is 0.494 e. The van der Waals surface area contributed by atoms with E-state index in [1.807, 2.05) is 49.0 Å². The van der Waals surface area contributed by atoms with Gasteiger partial charge in [-0.1, -0.05) is 53.5 Å². The fourth-order valence-electron chi connectivity index (χ4n) is 6.12. The Morgan fingerprint density at radius 1 is 1.04 bits per heavy atom. The molecule has 2 heterocycles. The third kappa shape index (κ3) is 6.05. The molecule has 1 aliphatic heterocycles. The lowest BCUT2D eigenvalue weighted by molar-refractivity contribution is -0.134. The number of hydrogen-bond donors (Lipinski definition) is 3. The number of methoxy groups -OCH3 is 1. The van der Waals surface area contributed by atoms with E-state index in [0.717, 1.165) is 59.4 Å². The van der Waals surface area contributed by atoms with Gasteiger partial charge < -0.3 is 34.7 Å². The summed E-state index contributed by atoms with van der Waals surface area (Å²) in [4.78, 5) is 31.2. The smallest absolute Gasteiger partial charge is 0.322 e. The SMILES string of the molecule is COc1cc(OC2CCc3c(-c4cccc(NC(=O)c5nc6c(n5C)CCN(C)C6)c4Cl)cccc32)c(Cl)cc1NCC(=O)O. The van der Waals surface area contributed by atoms with E-state index in [1.54, 1.807) is 18.2 Å². The van der Waals surface area contributed by atoms with Crippen LogP contribution in [0.4, 0.5) is 11.4 Å². The van der Waals surface area contributed by atoms with Crippen LogP contribution in [-0.4, -0.2) is 58.7 Å². The van der Waals surface area contributed by atoms with E-state index in [-0.39, 0.29) is 18.6 Å². The van der Waals surface area contributed by atoms with Crippen molar-refractivity contribution in [2.24, 2.45) is 7.05 Å². The number of carboxylic acids is 1. The first-order chi connectivity index (χ1) is 21.6. The molecule has 6 rings (SSSR count). The number of carboxylic acid groups (broad SMARTS) is 1. The van der Waals surface area contributed by atoms with Crippen molar-refractivity contribution < 1.29 is 24.2 Å². The molecule has 2 aliphatic rings. The minimum absolute atomic E-state index is 0.268. The molecular formula is C33H33Cl2N5O5. The molecule has 1 aromatic heterocycles. The van der Waals surface area contributed by atoms with Crippen LogP contribution in [0.1, 0.15) is 45.7 Å². The standard InChI is InChI=1S/C33H33Cl2N5O5/c1-39-13-12-26-25(17-39)37-32(40(26)2)33(43)38-23-9-5-8-21(31(23)35)18-6-4-7-20-19(18)10-11-27(20)45-28-15-29(44-3)24(14-22(28)34)36-16-30(41)42/h4-9,14-15,27,36H,10-13,16-17H2,1-3H3,(H,38,43)(H,41,42). The zero-order chi connectivity index (χ0) is 31.8. The number of ether oxygens (including phenoxy) is 2. The summed E-state index contributed by atoms with van der Waals surface area (Å²) in [5.41, 5.74) is 6.88. The second-order valence-corrected chi connectivity index (χ2v) is 12.0. The van der Waals surface area contributed by atoms with Crippen molar-refractivity contribution in [3.05, 3.63) is 86.9 Å². The molecule has 0 spiro atoms. The number of rotatable bonds is 9. The van der Waals surface area contributed by atoms with Gasteiger partial charge in [-0.25, -0.2) is 4.98 Å². The Bertz CT molecular complexity index is 1810. The molecule has 1 atom stereocenters. The minimum atomic E-state index is -1.00. The van der Waals surface area contributed by atoms with E-state index >= 15 is 0 Å². The van der Waals surface area contributed by atoms with E-state index in [1.165, 1.54) is 7.11 Å². The van der Waals surface area contributed by atoms with Gasteiger partial charge in [0.05, 0.1) is 34.2 Å². The third-order valence-electron chi connectivity index (χ3n) is 8.36. The van der Waals surface area contributed by atoms with Gasteiger partial charge >= 0.3 is 5.97 Å². The highest BCUT2D eigenvalue weighted by molar-refractivity contribution is 6.36. The molecule has 12 heteroatoms. The lowest BCUT2D eigenvalue weighted by atomic mass is 9.96. The number of amides is 1. The Kier molecular flexibility index (Phi) is 8.63. The van der Waals surface area contributed by atoms with E-state index in [9.17, 15) is 9.59 Å². The number of anilines is 2. The highest BCUT2D eigenvalue weighted by Gasteiger charge is 2.29.